The minimum Gasteiger partial charge on any atom is -0.368 e. The van der Waals surface area contributed by atoms with Gasteiger partial charge in [-0.2, -0.15) is 0 Å². The van der Waals surface area contributed by atoms with Crippen LogP contribution in [-0.4, -0.2) is 58.9 Å². The van der Waals surface area contributed by atoms with Crippen molar-refractivity contribution in [2.45, 2.75) is 18.2 Å². The SMILES string of the molecule is Cc1ccc(S(=O)(=O)N2CCC(=O)c3c(N4CCN(C)CC4)cccc32)cc1. The molecule has 2 aliphatic rings. The molecule has 6 nitrogen and oxygen atoms in total. The van der Waals surface area contributed by atoms with Gasteiger partial charge in [-0.3, -0.25) is 9.10 Å². The van der Waals surface area contributed by atoms with Gasteiger partial charge in [-0.15, -0.1) is 0 Å². The highest BCUT2D eigenvalue weighted by molar-refractivity contribution is 7.92. The Morgan fingerprint density at radius 1 is 0.857 bits per heavy atom. The molecule has 0 unspecified atom stereocenters. The number of carbonyl (C=O) groups excluding carboxylic acids is 1. The van der Waals surface area contributed by atoms with Crippen LogP contribution >= 0.6 is 0 Å². The molecule has 0 N–H and O–H groups in total. The number of hydrogen-bond acceptors (Lipinski definition) is 5. The molecule has 4 rings (SSSR count). The molecule has 2 heterocycles. The third-order valence-electron chi connectivity index (χ3n) is 5.56. The summed E-state index contributed by atoms with van der Waals surface area (Å²) in [6, 6.07) is 12.4. The van der Waals surface area contributed by atoms with Gasteiger partial charge in [-0.25, -0.2) is 8.42 Å². The number of rotatable bonds is 3. The minimum absolute atomic E-state index is 0.0138. The quantitative estimate of drug-likeness (QED) is 0.794. The Kier molecular flexibility index (Phi) is 4.89. The fourth-order valence-electron chi connectivity index (χ4n) is 3.87. The van der Waals surface area contributed by atoms with Crippen molar-refractivity contribution in [2.75, 3.05) is 49.0 Å². The normalized spacial score (nSPS) is 18.3. The molecule has 0 spiro atoms. The number of likely N-dealkylation sites (N-methyl/N-ethyl adjacent to an activating group) is 1. The smallest absolute Gasteiger partial charge is 0.264 e. The summed E-state index contributed by atoms with van der Waals surface area (Å²) >= 11 is 0. The van der Waals surface area contributed by atoms with E-state index in [9.17, 15) is 13.2 Å². The van der Waals surface area contributed by atoms with E-state index in [0.29, 0.717) is 11.3 Å². The number of hydrogen-bond donors (Lipinski definition) is 0. The number of fused-ring (bicyclic) bond motifs is 1. The van der Waals surface area contributed by atoms with Crippen molar-refractivity contribution < 1.29 is 13.2 Å². The Hall–Kier alpha value is -2.38. The first kappa shape index (κ1) is 19.0. The number of Topliss-reactive ketones (excluding diaryl/α,β-unsaturated/α-hetero) is 1. The Balaban J connectivity index is 1.77. The predicted molar refractivity (Wildman–Crippen MR) is 111 cm³/mol. The highest BCUT2D eigenvalue weighted by Crippen LogP contribution is 2.38. The molecule has 148 valence electrons. The highest BCUT2D eigenvalue weighted by atomic mass is 32.2. The molecule has 0 amide bonds. The molecular formula is C21H25N3O3S. The molecule has 0 aromatic heterocycles. The first-order valence-electron chi connectivity index (χ1n) is 9.57. The monoisotopic (exact) mass is 399 g/mol. The average molecular weight is 400 g/mol. The number of aryl methyl sites for hydroxylation is 1. The van der Waals surface area contributed by atoms with E-state index in [0.717, 1.165) is 37.4 Å². The van der Waals surface area contributed by atoms with Gasteiger partial charge in [-0.05, 0) is 38.2 Å². The fraction of sp³-hybridized carbons (Fsp3) is 0.381. The van der Waals surface area contributed by atoms with E-state index in [2.05, 4.69) is 16.8 Å². The number of benzene rings is 2. The van der Waals surface area contributed by atoms with Crippen LogP contribution in [0.1, 0.15) is 22.3 Å². The third-order valence-corrected chi connectivity index (χ3v) is 7.39. The van der Waals surface area contributed by atoms with E-state index in [1.165, 1.54) is 4.31 Å². The molecular weight excluding hydrogens is 374 g/mol. The Bertz CT molecular complexity index is 994. The maximum absolute atomic E-state index is 13.3. The summed E-state index contributed by atoms with van der Waals surface area (Å²) in [7, 11) is -1.64. The zero-order valence-electron chi connectivity index (χ0n) is 16.3. The largest absolute Gasteiger partial charge is 0.368 e. The molecule has 0 aliphatic carbocycles. The van der Waals surface area contributed by atoms with Crippen LogP contribution in [0.15, 0.2) is 47.4 Å². The van der Waals surface area contributed by atoms with Gasteiger partial charge in [0.05, 0.1) is 16.1 Å². The van der Waals surface area contributed by atoms with Crippen LogP contribution in [0.4, 0.5) is 11.4 Å². The van der Waals surface area contributed by atoms with Crippen molar-refractivity contribution in [3.8, 4) is 0 Å². The zero-order chi connectivity index (χ0) is 19.9. The van der Waals surface area contributed by atoms with E-state index in [1.54, 1.807) is 30.3 Å². The summed E-state index contributed by atoms with van der Waals surface area (Å²) in [4.78, 5) is 17.5. The first-order chi connectivity index (χ1) is 13.4. The number of ketones is 1. The lowest BCUT2D eigenvalue weighted by atomic mass is 9.99. The second kappa shape index (κ2) is 7.22. The number of sulfonamides is 1. The molecule has 28 heavy (non-hydrogen) atoms. The van der Waals surface area contributed by atoms with E-state index in [-0.39, 0.29) is 23.6 Å². The van der Waals surface area contributed by atoms with E-state index in [4.69, 9.17) is 0 Å². The molecule has 0 radical (unpaired) electrons. The summed E-state index contributed by atoms with van der Waals surface area (Å²) in [6.07, 6.45) is 0.197. The molecule has 7 heteroatoms. The lowest BCUT2D eigenvalue weighted by Crippen LogP contribution is -2.45. The number of piperazine rings is 1. The summed E-state index contributed by atoms with van der Waals surface area (Å²) in [5, 5.41) is 0. The van der Waals surface area contributed by atoms with Crippen molar-refractivity contribution in [1.82, 2.24) is 4.90 Å². The van der Waals surface area contributed by atoms with Crippen LogP contribution in [0.3, 0.4) is 0 Å². The summed E-state index contributed by atoms with van der Waals surface area (Å²) in [6.45, 7) is 5.59. The van der Waals surface area contributed by atoms with Gasteiger partial charge in [0, 0.05) is 44.8 Å². The second-order valence-corrected chi connectivity index (χ2v) is 9.39. The van der Waals surface area contributed by atoms with Crippen molar-refractivity contribution >= 4 is 27.2 Å². The van der Waals surface area contributed by atoms with E-state index in [1.807, 2.05) is 19.1 Å². The number of anilines is 2. The molecule has 1 fully saturated rings. The lowest BCUT2D eigenvalue weighted by Gasteiger charge is -2.37. The van der Waals surface area contributed by atoms with Crippen molar-refractivity contribution in [1.29, 1.82) is 0 Å². The maximum Gasteiger partial charge on any atom is 0.264 e. The van der Waals surface area contributed by atoms with Crippen molar-refractivity contribution in [2.24, 2.45) is 0 Å². The van der Waals surface area contributed by atoms with Gasteiger partial charge in [0.2, 0.25) is 0 Å². The van der Waals surface area contributed by atoms with E-state index >= 15 is 0 Å². The van der Waals surface area contributed by atoms with Gasteiger partial charge in [0.15, 0.2) is 5.78 Å². The summed E-state index contributed by atoms with van der Waals surface area (Å²) in [5.74, 6) is 0.0138. The maximum atomic E-state index is 13.3. The predicted octanol–water partition coefficient (Wildman–Crippen LogP) is 2.53. The molecule has 2 aromatic rings. The molecule has 2 aliphatic heterocycles. The number of carbonyl (C=O) groups is 1. The zero-order valence-corrected chi connectivity index (χ0v) is 17.1. The Labute approximate surface area is 166 Å². The van der Waals surface area contributed by atoms with E-state index < -0.39 is 10.0 Å². The summed E-state index contributed by atoms with van der Waals surface area (Å²) < 4.78 is 28.0. The average Bonchev–Trinajstić information content (AvgIpc) is 2.68. The highest BCUT2D eigenvalue weighted by Gasteiger charge is 2.35. The van der Waals surface area contributed by atoms with Crippen molar-refractivity contribution in [3.05, 3.63) is 53.6 Å². The lowest BCUT2D eigenvalue weighted by molar-refractivity contribution is 0.0982. The Morgan fingerprint density at radius 2 is 1.50 bits per heavy atom. The number of nitrogens with zero attached hydrogens (tertiary/aromatic N) is 3. The molecule has 0 bridgehead atoms. The minimum atomic E-state index is -3.72. The van der Waals surface area contributed by atoms with Crippen LogP contribution in [0, 0.1) is 6.92 Å². The van der Waals surface area contributed by atoms with Gasteiger partial charge in [0.1, 0.15) is 0 Å². The first-order valence-corrected chi connectivity index (χ1v) is 11.0. The Morgan fingerprint density at radius 3 is 2.18 bits per heavy atom. The summed E-state index contributed by atoms with van der Waals surface area (Å²) in [5.41, 5.74) is 2.88. The van der Waals surface area contributed by atoms with Gasteiger partial charge < -0.3 is 9.80 Å². The van der Waals surface area contributed by atoms with Crippen LogP contribution in [0.25, 0.3) is 0 Å². The molecule has 0 atom stereocenters. The topological polar surface area (TPSA) is 60.9 Å². The molecule has 0 saturated carbocycles. The van der Waals surface area contributed by atoms with Gasteiger partial charge >= 0.3 is 0 Å². The standard InChI is InChI=1S/C21H25N3O3S/c1-16-6-8-17(9-7-16)28(26,27)24-11-10-20(25)21-18(4-3-5-19(21)24)23-14-12-22(2)13-15-23/h3-9H,10-15H2,1-2H3. The molecule has 2 aromatic carbocycles. The van der Waals surface area contributed by atoms with Crippen molar-refractivity contribution in [3.63, 3.8) is 0 Å². The van der Waals surface area contributed by atoms with Crippen LogP contribution in [0.2, 0.25) is 0 Å². The third kappa shape index (κ3) is 3.29. The second-order valence-electron chi connectivity index (χ2n) is 7.52. The van der Waals surface area contributed by atoms with Gasteiger partial charge in [0.25, 0.3) is 10.0 Å². The molecule has 1 saturated heterocycles. The van der Waals surface area contributed by atoms with Crippen LogP contribution in [-0.2, 0) is 10.0 Å². The van der Waals surface area contributed by atoms with Crippen LogP contribution < -0.4 is 9.21 Å². The van der Waals surface area contributed by atoms with Gasteiger partial charge in [-0.1, -0.05) is 23.8 Å². The fourth-order valence-corrected chi connectivity index (χ4v) is 5.35. The van der Waals surface area contributed by atoms with Crippen LogP contribution in [0.5, 0.6) is 0 Å².